The number of anilines is 1. The van der Waals surface area contributed by atoms with Crippen molar-refractivity contribution in [3.8, 4) is 0 Å². The summed E-state index contributed by atoms with van der Waals surface area (Å²) in [5.74, 6) is -0.220. The lowest BCUT2D eigenvalue weighted by atomic mass is 10.1. The molecule has 3 rings (SSSR count). The van der Waals surface area contributed by atoms with Gasteiger partial charge in [-0.05, 0) is 55.3 Å². The third kappa shape index (κ3) is 5.98. The summed E-state index contributed by atoms with van der Waals surface area (Å²) in [6.45, 7) is 0. The van der Waals surface area contributed by atoms with Gasteiger partial charge in [0.05, 0.1) is 10.6 Å². The molecule has 0 bridgehead atoms. The van der Waals surface area contributed by atoms with Crippen molar-refractivity contribution < 1.29 is 13.2 Å². The molecule has 1 aliphatic carbocycles. The van der Waals surface area contributed by atoms with Crippen molar-refractivity contribution in [2.75, 3.05) is 11.9 Å². The lowest BCUT2D eigenvalue weighted by molar-refractivity contribution is -0.113. The van der Waals surface area contributed by atoms with E-state index < -0.39 is 10.0 Å². The molecule has 0 unspecified atom stereocenters. The van der Waals surface area contributed by atoms with Crippen LogP contribution < -0.4 is 9.62 Å². The molecule has 154 valence electrons. The smallest absolute Gasteiger partial charge is 0.250 e. The van der Waals surface area contributed by atoms with Crippen LogP contribution in [-0.4, -0.2) is 32.4 Å². The zero-order valence-electron chi connectivity index (χ0n) is 16.6. The maximum Gasteiger partial charge on any atom is 0.250 e. The zero-order chi connectivity index (χ0) is 20.7. The predicted octanol–water partition coefficient (Wildman–Crippen LogP) is 3.76. The summed E-state index contributed by atoms with van der Waals surface area (Å²) >= 11 is 0. The quantitative estimate of drug-likeness (QED) is 0.578. The van der Waals surface area contributed by atoms with Gasteiger partial charge in [-0.1, -0.05) is 31.7 Å². The second kappa shape index (κ2) is 9.80. The predicted molar refractivity (Wildman–Crippen MR) is 115 cm³/mol. The van der Waals surface area contributed by atoms with Gasteiger partial charge in [-0.2, -0.15) is 0 Å². The molecule has 1 aromatic carbocycles. The van der Waals surface area contributed by atoms with Crippen LogP contribution in [0.1, 0.15) is 44.2 Å². The highest BCUT2D eigenvalue weighted by atomic mass is 32.2. The third-order valence-electron chi connectivity index (χ3n) is 5.13. The Hall–Kier alpha value is -2.51. The van der Waals surface area contributed by atoms with Crippen molar-refractivity contribution in [2.24, 2.45) is 0 Å². The van der Waals surface area contributed by atoms with Gasteiger partial charge in [0.1, 0.15) is 0 Å². The molecule has 1 amide bonds. The number of aromatic nitrogens is 1. The number of nitrogens with zero attached hydrogens (tertiary/aromatic N) is 2. The highest BCUT2D eigenvalue weighted by Gasteiger charge is 2.21. The average molecular weight is 414 g/mol. The first kappa shape index (κ1) is 21.2. The second-order valence-corrected chi connectivity index (χ2v) is 9.00. The number of nitrogens with one attached hydrogen (secondary N) is 1. The Kier molecular flexibility index (Phi) is 7.17. The van der Waals surface area contributed by atoms with E-state index in [1.165, 1.54) is 23.8 Å². The molecule has 0 radical (unpaired) electrons. The van der Waals surface area contributed by atoms with E-state index in [0.29, 0.717) is 11.4 Å². The van der Waals surface area contributed by atoms with Crippen molar-refractivity contribution in [3.63, 3.8) is 0 Å². The molecule has 1 N–H and O–H groups in total. The fourth-order valence-corrected chi connectivity index (χ4v) is 4.71. The van der Waals surface area contributed by atoms with Crippen molar-refractivity contribution >= 4 is 27.7 Å². The van der Waals surface area contributed by atoms with E-state index in [1.807, 2.05) is 18.2 Å². The first-order valence-corrected chi connectivity index (χ1v) is 11.4. The molecule has 1 aliphatic rings. The van der Waals surface area contributed by atoms with Gasteiger partial charge >= 0.3 is 0 Å². The molecule has 29 heavy (non-hydrogen) atoms. The lowest BCUT2D eigenvalue weighted by Gasteiger charge is -2.18. The number of amides is 1. The molecule has 1 fully saturated rings. The van der Waals surface area contributed by atoms with Crippen LogP contribution in [0.25, 0.3) is 6.08 Å². The van der Waals surface area contributed by atoms with Crippen molar-refractivity contribution in [1.82, 2.24) is 9.71 Å². The molecule has 0 atom stereocenters. The van der Waals surface area contributed by atoms with E-state index in [9.17, 15) is 13.2 Å². The maximum absolute atomic E-state index is 12.7. The standard InChI is InChI=1S/C22H27N3O3S/c1-25(22(26)16-11-18-8-6-7-17-23-18)20-12-14-21(15-13-20)29(27,28)24-19-9-4-2-3-5-10-19/h6-8,11-17,19,24H,2-5,9-10H2,1H3. The van der Waals surface area contributed by atoms with Crippen LogP contribution in [0.3, 0.4) is 0 Å². The van der Waals surface area contributed by atoms with Crippen molar-refractivity contribution in [1.29, 1.82) is 0 Å². The second-order valence-electron chi connectivity index (χ2n) is 7.29. The number of sulfonamides is 1. The van der Waals surface area contributed by atoms with Crippen LogP contribution in [0.5, 0.6) is 0 Å². The molecule has 0 spiro atoms. The minimum atomic E-state index is -3.56. The van der Waals surface area contributed by atoms with E-state index in [0.717, 1.165) is 25.7 Å². The van der Waals surface area contributed by atoms with Crippen LogP contribution in [0, 0.1) is 0 Å². The number of rotatable bonds is 6. The number of hydrogen-bond acceptors (Lipinski definition) is 4. The third-order valence-corrected chi connectivity index (χ3v) is 6.66. The minimum Gasteiger partial charge on any atom is -0.312 e. The zero-order valence-corrected chi connectivity index (χ0v) is 17.4. The van der Waals surface area contributed by atoms with Gasteiger partial charge in [0.2, 0.25) is 10.0 Å². The van der Waals surface area contributed by atoms with Crippen molar-refractivity contribution in [3.05, 3.63) is 60.4 Å². The fourth-order valence-electron chi connectivity index (χ4n) is 3.40. The summed E-state index contributed by atoms with van der Waals surface area (Å²) in [5, 5.41) is 0. The Morgan fingerprint density at radius 3 is 2.38 bits per heavy atom. The molecule has 1 aromatic heterocycles. The molecular weight excluding hydrogens is 386 g/mol. The summed E-state index contributed by atoms with van der Waals surface area (Å²) in [7, 11) is -1.91. The summed E-state index contributed by atoms with van der Waals surface area (Å²) in [4.78, 5) is 18.2. The Labute approximate surface area is 172 Å². The molecule has 0 saturated heterocycles. The largest absolute Gasteiger partial charge is 0.312 e. The highest BCUT2D eigenvalue weighted by molar-refractivity contribution is 7.89. The number of carbonyl (C=O) groups excluding carboxylic acids is 1. The monoisotopic (exact) mass is 413 g/mol. The Bertz CT molecular complexity index is 933. The van der Waals surface area contributed by atoms with Gasteiger partial charge in [0.25, 0.3) is 5.91 Å². The van der Waals surface area contributed by atoms with E-state index in [2.05, 4.69) is 9.71 Å². The molecule has 0 aliphatic heterocycles. The summed E-state index contributed by atoms with van der Waals surface area (Å²) < 4.78 is 28.2. The Morgan fingerprint density at radius 2 is 1.76 bits per heavy atom. The number of carbonyl (C=O) groups is 1. The van der Waals surface area contributed by atoms with E-state index in [-0.39, 0.29) is 16.8 Å². The molecular formula is C22H27N3O3S. The summed E-state index contributed by atoms with van der Waals surface area (Å²) in [6.07, 6.45) is 11.0. The topological polar surface area (TPSA) is 79.4 Å². The number of likely N-dealkylation sites (N-methyl/N-ethyl adjacent to an activating group) is 1. The number of pyridine rings is 1. The SMILES string of the molecule is CN(C(=O)C=Cc1ccccn1)c1ccc(S(=O)(=O)NC2CCCCCC2)cc1. The Morgan fingerprint density at radius 1 is 1.07 bits per heavy atom. The average Bonchev–Trinajstić information content (AvgIpc) is 3.00. The molecule has 1 heterocycles. The Balaban J connectivity index is 1.65. The first-order chi connectivity index (χ1) is 14.0. The number of benzene rings is 1. The van der Waals surface area contributed by atoms with Gasteiger partial charge in [0, 0.05) is 31.0 Å². The molecule has 6 nitrogen and oxygen atoms in total. The highest BCUT2D eigenvalue weighted by Crippen LogP contribution is 2.21. The van der Waals surface area contributed by atoms with Crippen LogP contribution in [-0.2, 0) is 14.8 Å². The van der Waals surface area contributed by atoms with Crippen LogP contribution in [0.4, 0.5) is 5.69 Å². The molecule has 1 saturated carbocycles. The van der Waals surface area contributed by atoms with E-state index in [4.69, 9.17) is 0 Å². The van der Waals surface area contributed by atoms with Gasteiger partial charge in [-0.25, -0.2) is 13.1 Å². The minimum absolute atomic E-state index is 0.00293. The molecule has 7 heteroatoms. The van der Waals surface area contributed by atoms with Gasteiger partial charge in [-0.3, -0.25) is 9.78 Å². The van der Waals surface area contributed by atoms with Gasteiger partial charge in [-0.15, -0.1) is 0 Å². The van der Waals surface area contributed by atoms with Gasteiger partial charge < -0.3 is 4.90 Å². The lowest BCUT2D eigenvalue weighted by Crippen LogP contribution is -2.34. The van der Waals surface area contributed by atoms with Crippen LogP contribution in [0.15, 0.2) is 59.6 Å². The molecule has 2 aromatic rings. The number of hydrogen-bond donors (Lipinski definition) is 1. The maximum atomic E-state index is 12.7. The van der Waals surface area contributed by atoms with Crippen LogP contribution in [0.2, 0.25) is 0 Å². The summed E-state index contributed by atoms with van der Waals surface area (Å²) in [6, 6.07) is 11.9. The van der Waals surface area contributed by atoms with Crippen molar-refractivity contribution in [2.45, 2.75) is 49.5 Å². The normalized spacial score (nSPS) is 15.9. The fraction of sp³-hybridized carbons (Fsp3) is 0.364. The van der Waals surface area contributed by atoms with E-state index >= 15 is 0 Å². The summed E-state index contributed by atoms with van der Waals surface area (Å²) in [5.41, 5.74) is 1.31. The van der Waals surface area contributed by atoms with Crippen LogP contribution >= 0.6 is 0 Å². The van der Waals surface area contributed by atoms with E-state index in [1.54, 1.807) is 43.6 Å². The first-order valence-electron chi connectivity index (χ1n) is 9.95. The van der Waals surface area contributed by atoms with Gasteiger partial charge in [0.15, 0.2) is 0 Å².